The van der Waals surface area contributed by atoms with Crippen LogP contribution in [0.25, 0.3) is 0 Å². The van der Waals surface area contributed by atoms with E-state index >= 15 is 0 Å². The Morgan fingerprint density at radius 3 is 3.20 bits per heavy atom. The number of aromatic nitrogens is 1. The van der Waals surface area contributed by atoms with E-state index in [0.29, 0.717) is 10.9 Å². The zero-order valence-electron chi connectivity index (χ0n) is 11.2. The standard InChI is InChI=1S/C15H18ClN3S/c16-13-9-18-6-4-10(13)8-14(19-17)11-2-1-3-15-12(11)5-7-20-15/h4-7,9,11,14,19H,1-3,8,17H2. The van der Waals surface area contributed by atoms with Gasteiger partial charge < -0.3 is 0 Å². The van der Waals surface area contributed by atoms with Gasteiger partial charge in [-0.1, -0.05) is 11.6 Å². The zero-order chi connectivity index (χ0) is 13.9. The highest BCUT2D eigenvalue weighted by Gasteiger charge is 2.28. The minimum Gasteiger partial charge on any atom is -0.271 e. The lowest BCUT2D eigenvalue weighted by molar-refractivity contribution is 0.397. The number of aryl methyl sites for hydroxylation is 1. The van der Waals surface area contributed by atoms with Crippen molar-refractivity contribution >= 4 is 22.9 Å². The summed E-state index contributed by atoms with van der Waals surface area (Å²) in [6.07, 6.45) is 7.93. The largest absolute Gasteiger partial charge is 0.271 e. The molecule has 2 unspecified atom stereocenters. The SMILES string of the molecule is NNC(Cc1ccncc1Cl)C1CCCc2sccc21. The lowest BCUT2D eigenvalue weighted by atomic mass is 9.80. The first-order valence-electron chi connectivity index (χ1n) is 6.90. The van der Waals surface area contributed by atoms with E-state index in [2.05, 4.69) is 21.9 Å². The summed E-state index contributed by atoms with van der Waals surface area (Å²) in [5.41, 5.74) is 5.57. The molecule has 3 rings (SSSR count). The van der Waals surface area contributed by atoms with Crippen LogP contribution < -0.4 is 11.3 Å². The summed E-state index contributed by atoms with van der Waals surface area (Å²) >= 11 is 8.08. The topological polar surface area (TPSA) is 50.9 Å². The van der Waals surface area contributed by atoms with Gasteiger partial charge in [0.2, 0.25) is 0 Å². The third-order valence-electron chi connectivity index (χ3n) is 4.09. The maximum atomic E-state index is 6.21. The van der Waals surface area contributed by atoms with Crippen molar-refractivity contribution in [2.45, 2.75) is 37.6 Å². The molecule has 0 saturated carbocycles. The Labute approximate surface area is 128 Å². The van der Waals surface area contributed by atoms with Gasteiger partial charge in [-0.2, -0.15) is 0 Å². The number of pyridine rings is 1. The summed E-state index contributed by atoms with van der Waals surface area (Å²) in [6.45, 7) is 0. The fraction of sp³-hybridized carbons (Fsp3) is 0.400. The van der Waals surface area contributed by atoms with Gasteiger partial charge in [0.15, 0.2) is 0 Å². The van der Waals surface area contributed by atoms with E-state index in [4.69, 9.17) is 17.4 Å². The normalized spacial score (nSPS) is 19.6. The van der Waals surface area contributed by atoms with Gasteiger partial charge in [-0.15, -0.1) is 11.3 Å². The van der Waals surface area contributed by atoms with Crippen LogP contribution in [-0.2, 0) is 12.8 Å². The Morgan fingerprint density at radius 2 is 2.40 bits per heavy atom. The van der Waals surface area contributed by atoms with E-state index in [0.717, 1.165) is 12.0 Å². The molecule has 0 aliphatic heterocycles. The highest BCUT2D eigenvalue weighted by atomic mass is 35.5. The molecule has 20 heavy (non-hydrogen) atoms. The van der Waals surface area contributed by atoms with Crippen molar-refractivity contribution in [1.82, 2.24) is 10.4 Å². The quantitative estimate of drug-likeness (QED) is 0.673. The molecule has 106 valence electrons. The molecule has 0 bridgehead atoms. The Balaban J connectivity index is 1.83. The Bertz CT molecular complexity index is 584. The summed E-state index contributed by atoms with van der Waals surface area (Å²) in [6, 6.07) is 4.44. The van der Waals surface area contributed by atoms with Crippen molar-refractivity contribution in [1.29, 1.82) is 0 Å². The first-order chi connectivity index (χ1) is 9.79. The minimum atomic E-state index is 0.212. The minimum absolute atomic E-state index is 0.212. The van der Waals surface area contributed by atoms with Gasteiger partial charge in [0.1, 0.15) is 0 Å². The Kier molecular flexibility index (Phi) is 4.36. The van der Waals surface area contributed by atoms with Crippen LogP contribution >= 0.6 is 22.9 Å². The number of nitrogens with one attached hydrogen (secondary N) is 1. The molecule has 5 heteroatoms. The number of halogens is 1. The second kappa shape index (κ2) is 6.22. The van der Waals surface area contributed by atoms with Gasteiger partial charge in [-0.05, 0) is 54.3 Å². The van der Waals surface area contributed by atoms with Crippen molar-refractivity contribution < 1.29 is 0 Å². The van der Waals surface area contributed by atoms with Crippen LogP contribution in [0.15, 0.2) is 29.9 Å². The number of nitrogens with zero attached hydrogens (tertiary/aromatic N) is 1. The van der Waals surface area contributed by atoms with Crippen LogP contribution in [0.4, 0.5) is 0 Å². The molecule has 2 aromatic heterocycles. The highest BCUT2D eigenvalue weighted by Crippen LogP contribution is 2.38. The number of thiophene rings is 1. The third kappa shape index (κ3) is 2.74. The lowest BCUT2D eigenvalue weighted by Gasteiger charge is -2.30. The predicted molar refractivity (Wildman–Crippen MR) is 84.1 cm³/mol. The Morgan fingerprint density at radius 1 is 1.50 bits per heavy atom. The van der Waals surface area contributed by atoms with Gasteiger partial charge in [-0.25, -0.2) is 0 Å². The molecule has 0 spiro atoms. The molecule has 3 nitrogen and oxygen atoms in total. The lowest BCUT2D eigenvalue weighted by Crippen LogP contribution is -2.42. The monoisotopic (exact) mass is 307 g/mol. The van der Waals surface area contributed by atoms with Crippen LogP contribution in [0, 0.1) is 0 Å². The number of hydrogen-bond acceptors (Lipinski definition) is 4. The van der Waals surface area contributed by atoms with Gasteiger partial charge >= 0.3 is 0 Å². The van der Waals surface area contributed by atoms with Crippen molar-refractivity contribution in [3.05, 3.63) is 50.9 Å². The van der Waals surface area contributed by atoms with Gasteiger partial charge in [0.05, 0.1) is 5.02 Å². The Hall–Kier alpha value is -0.940. The van der Waals surface area contributed by atoms with E-state index in [1.165, 1.54) is 29.7 Å². The van der Waals surface area contributed by atoms with Crippen LogP contribution in [-0.4, -0.2) is 11.0 Å². The molecule has 2 atom stereocenters. The predicted octanol–water partition coefficient (Wildman–Crippen LogP) is 3.29. The summed E-state index contributed by atoms with van der Waals surface area (Å²) in [4.78, 5) is 5.55. The fourth-order valence-corrected chi connectivity index (χ4v) is 4.26. The average Bonchev–Trinajstić information content (AvgIpc) is 2.95. The van der Waals surface area contributed by atoms with Crippen LogP contribution in [0.1, 0.15) is 34.8 Å². The number of nitrogens with two attached hydrogens (primary N) is 1. The maximum Gasteiger partial charge on any atom is 0.0621 e. The molecule has 0 saturated heterocycles. The second-order valence-electron chi connectivity index (χ2n) is 5.24. The summed E-state index contributed by atoms with van der Waals surface area (Å²) in [7, 11) is 0. The number of rotatable bonds is 4. The van der Waals surface area contributed by atoms with E-state index < -0.39 is 0 Å². The smallest absolute Gasteiger partial charge is 0.0621 e. The van der Waals surface area contributed by atoms with E-state index in [-0.39, 0.29) is 6.04 Å². The van der Waals surface area contributed by atoms with Crippen molar-refractivity contribution in [3.8, 4) is 0 Å². The van der Waals surface area contributed by atoms with Gasteiger partial charge in [0.25, 0.3) is 0 Å². The fourth-order valence-electron chi connectivity index (χ4n) is 3.06. The van der Waals surface area contributed by atoms with Crippen molar-refractivity contribution in [2.24, 2.45) is 5.84 Å². The second-order valence-corrected chi connectivity index (χ2v) is 6.65. The molecule has 1 aliphatic carbocycles. The summed E-state index contributed by atoms with van der Waals surface area (Å²) < 4.78 is 0. The average molecular weight is 308 g/mol. The molecular weight excluding hydrogens is 290 g/mol. The van der Waals surface area contributed by atoms with E-state index in [1.807, 2.05) is 17.4 Å². The van der Waals surface area contributed by atoms with E-state index in [1.54, 1.807) is 12.4 Å². The molecule has 1 aliphatic rings. The molecule has 3 N–H and O–H groups in total. The van der Waals surface area contributed by atoms with Gasteiger partial charge in [-0.3, -0.25) is 16.3 Å². The zero-order valence-corrected chi connectivity index (χ0v) is 12.8. The third-order valence-corrected chi connectivity index (χ3v) is 5.43. The van der Waals surface area contributed by atoms with Crippen LogP contribution in [0.3, 0.4) is 0 Å². The van der Waals surface area contributed by atoms with Crippen molar-refractivity contribution in [3.63, 3.8) is 0 Å². The maximum absolute atomic E-state index is 6.21. The molecule has 0 radical (unpaired) electrons. The number of hydrazine groups is 1. The molecule has 2 heterocycles. The number of fused-ring (bicyclic) bond motifs is 1. The highest BCUT2D eigenvalue weighted by molar-refractivity contribution is 7.10. The summed E-state index contributed by atoms with van der Waals surface area (Å²) in [5, 5.41) is 2.91. The van der Waals surface area contributed by atoms with Crippen LogP contribution in [0.2, 0.25) is 5.02 Å². The van der Waals surface area contributed by atoms with Crippen LogP contribution in [0.5, 0.6) is 0 Å². The molecule has 0 aromatic carbocycles. The molecule has 0 fully saturated rings. The van der Waals surface area contributed by atoms with E-state index in [9.17, 15) is 0 Å². The first kappa shape index (κ1) is 14.0. The van der Waals surface area contributed by atoms with Gasteiger partial charge in [0, 0.05) is 29.2 Å². The molecular formula is C15H18ClN3S. The number of hydrogen-bond donors (Lipinski definition) is 2. The summed E-state index contributed by atoms with van der Waals surface area (Å²) in [5.74, 6) is 6.29. The molecule has 2 aromatic rings. The van der Waals surface area contributed by atoms with Crippen molar-refractivity contribution in [2.75, 3.05) is 0 Å². The molecule has 0 amide bonds. The first-order valence-corrected chi connectivity index (χ1v) is 8.16.